The van der Waals surface area contributed by atoms with Gasteiger partial charge in [0.1, 0.15) is 18.2 Å². The van der Waals surface area contributed by atoms with E-state index in [9.17, 15) is 0 Å². The second-order valence-electron chi connectivity index (χ2n) is 9.57. The first-order valence-electron chi connectivity index (χ1n) is 12.3. The predicted molar refractivity (Wildman–Crippen MR) is 144 cm³/mol. The fourth-order valence-corrected chi connectivity index (χ4v) is 4.94. The molecule has 0 aliphatic carbocycles. The summed E-state index contributed by atoms with van der Waals surface area (Å²) in [4.78, 5) is 12.8. The number of benzene rings is 1. The topological polar surface area (TPSA) is 141 Å². The highest BCUT2D eigenvalue weighted by molar-refractivity contribution is 5.85. The molecule has 6 N–H and O–H groups in total. The zero-order valence-corrected chi connectivity index (χ0v) is 20.7. The maximum atomic E-state index is 6.47. The molecule has 4 aromatic heterocycles. The second-order valence-corrected chi connectivity index (χ2v) is 9.57. The molecule has 37 heavy (non-hydrogen) atoms. The van der Waals surface area contributed by atoms with Crippen LogP contribution in [0.3, 0.4) is 0 Å². The van der Waals surface area contributed by atoms with Crippen molar-refractivity contribution in [3.63, 3.8) is 0 Å². The molecular weight excluding hydrogens is 466 g/mol. The largest absolute Gasteiger partial charge is 0.498 e. The van der Waals surface area contributed by atoms with E-state index in [4.69, 9.17) is 25.9 Å². The van der Waals surface area contributed by atoms with Crippen molar-refractivity contribution in [1.29, 1.82) is 0 Å². The number of hydrogen-bond donors (Lipinski definition) is 4. The third-order valence-corrected chi connectivity index (χ3v) is 6.96. The highest BCUT2D eigenvalue weighted by Gasteiger charge is 2.28. The van der Waals surface area contributed by atoms with Gasteiger partial charge in [-0.15, -0.1) is 0 Å². The molecule has 6 rings (SSSR count). The minimum atomic E-state index is -0.226. The number of anilines is 1. The first kappa shape index (κ1) is 23.1. The molecule has 0 radical (unpaired) electrons. The van der Waals surface area contributed by atoms with Gasteiger partial charge in [-0.2, -0.15) is 5.10 Å². The summed E-state index contributed by atoms with van der Waals surface area (Å²) in [5.41, 5.74) is 19.3. The highest BCUT2D eigenvalue weighted by atomic mass is 16.5. The van der Waals surface area contributed by atoms with E-state index in [0.29, 0.717) is 24.6 Å². The van der Waals surface area contributed by atoms with Crippen molar-refractivity contribution in [3.05, 3.63) is 78.1 Å². The first-order valence-corrected chi connectivity index (χ1v) is 12.3. The molecule has 9 nitrogen and oxygen atoms in total. The van der Waals surface area contributed by atoms with Crippen LogP contribution in [0.4, 0.5) is 5.82 Å². The fourth-order valence-electron chi connectivity index (χ4n) is 4.94. The van der Waals surface area contributed by atoms with Crippen LogP contribution in [0.25, 0.3) is 33.1 Å². The Morgan fingerprint density at radius 2 is 2.05 bits per heavy atom. The van der Waals surface area contributed by atoms with Gasteiger partial charge in [0.05, 0.1) is 29.8 Å². The van der Waals surface area contributed by atoms with Crippen molar-refractivity contribution in [1.82, 2.24) is 25.1 Å². The molecule has 0 saturated heterocycles. The summed E-state index contributed by atoms with van der Waals surface area (Å²) >= 11 is 0. The average Bonchev–Trinajstić information content (AvgIpc) is 3.62. The number of fused-ring (bicyclic) bond motifs is 2. The van der Waals surface area contributed by atoms with Crippen molar-refractivity contribution in [2.75, 3.05) is 12.3 Å². The lowest BCUT2D eigenvalue weighted by atomic mass is 9.94. The van der Waals surface area contributed by atoms with Crippen molar-refractivity contribution in [3.8, 4) is 17.0 Å². The van der Waals surface area contributed by atoms with E-state index in [0.717, 1.165) is 44.6 Å². The molecule has 1 aliphatic rings. The van der Waals surface area contributed by atoms with Gasteiger partial charge in [0.2, 0.25) is 0 Å². The Morgan fingerprint density at radius 3 is 2.89 bits per heavy atom. The maximum Gasteiger partial charge on any atom is 0.166 e. The third-order valence-electron chi connectivity index (χ3n) is 6.96. The number of pyridine rings is 2. The van der Waals surface area contributed by atoms with Crippen molar-refractivity contribution < 1.29 is 9.47 Å². The molecule has 2 unspecified atom stereocenters. The van der Waals surface area contributed by atoms with Gasteiger partial charge in [0.15, 0.2) is 11.6 Å². The van der Waals surface area contributed by atoms with E-state index in [1.807, 2.05) is 50.4 Å². The van der Waals surface area contributed by atoms with E-state index >= 15 is 0 Å². The number of nitrogens with one attached hydrogen (secondary N) is 2. The van der Waals surface area contributed by atoms with Gasteiger partial charge in [0, 0.05) is 39.8 Å². The molecule has 1 aliphatic heterocycles. The monoisotopic (exact) mass is 495 g/mol. The summed E-state index contributed by atoms with van der Waals surface area (Å²) < 4.78 is 11.8. The maximum absolute atomic E-state index is 6.47. The summed E-state index contributed by atoms with van der Waals surface area (Å²) in [6, 6.07) is 11.9. The number of H-pyrrole nitrogens is 2. The van der Waals surface area contributed by atoms with Gasteiger partial charge in [-0.25, -0.2) is 4.98 Å². The molecule has 5 heterocycles. The Bertz CT molecular complexity index is 1620. The Balaban J connectivity index is 1.30. The zero-order chi connectivity index (χ0) is 25.5. The van der Waals surface area contributed by atoms with Crippen molar-refractivity contribution in [2.24, 2.45) is 5.73 Å². The molecule has 0 fully saturated rings. The quantitative estimate of drug-likeness (QED) is 0.263. The summed E-state index contributed by atoms with van der Waals surface area (Å²) in [5.74, 6) is 0.735. The molecule has 0 amide bonds. The van der Waals surface area contributed by atoms with E-state index < -0.39 is 0 Å². The number of nitrogens with two attached hydrogens (primary N) is 2. The van der Waals surface area contributed by atoms with Crippen molar-refractivity contribution in [2.45, 2.75) is 38.3 Å². The second kappa shape index (κ2) is 9.25. The molecule has 0 bridgehead atoms. The molecular formula is C28H29N7O2. The summed E-state index contributed by atoms with van der Waals surface area (Å²) in [6.45, 7) is 4.29. The number of nitrogen functional groups attached to an aromatic ring is 1. The number of rotatable bonds is 7. The molecule has 3 atom stereocenters. The standard InChI is InChI=1S/C28H29N7O2/c1-15-21-10-24(32-13-25(21)35-34-15)22-11-26(28(30)33-27(22)19-7-8-36-16(19)2)37-14-18(29)9-17-12-31-23-6-4-3-5-20(17)23/h3-8,10-13,16,18-19,31H,9,14,29H2,1-2H3,(H2,30,33)(H,34,35)/t16?,18-,19?/m0/s1. The van der Waals surface area contributed by atoms with Crippen LogP contribution in [0.5, 0.6) is 5.75 Å². The van der Waals surface area contributed by atoms with E-state index in [1.165, 1.54) is 5.39 Å². The lowest BCUT2D eigenvalue weighted by molar-refractivity contribution is 0.174. The normalized spacial score (nSPS) is 17.9. The highest BCUT2D eigenvalue weighted by Crippen LogP contribution is 2.38. The number of para-hydroxylation sites is 1. The van der Waals surface area contributed by atoms with E-state index in [2.05, 4.69) is 32.3 Å². The van der Waals surface area contributed by atoms with Crippen LogP contribution in [-0.2, 0) is 11.2 Å². The van der Waals surface area contributed by atoms with Gasteiger partial charge in [0.25, 0.3) is 0 Å². The third kappa shape index (κ3) is 4.27. The van der Waals surface area contributed by atoms with Gasteiger partial charge < -0.3 is 25.9 Å². The van der Waals surface area contributed by atoms with E-state index in [-0.39, 0.29) is 18.1 Å². The smallest absolute Gasteiger partial charge is 0.166 e. The molecule has 9 heteroatoms. The summed E-state index contributed by atoms with van der Waals surface area (Å²) in [7, 11) is 0. The van der Waals surface area contributed by atoms with Crippen LogP contribution < -0.4 is 16.2 Å². The van der Waals surface area contributed by atoms with E-state index in [1.54, 1.807) is 12.5 Å². The number of hydrogen-bond acceptors (Lipinski definition) is 7. The Kier molecular flexibility index (Phi) is 5.77. The van der Waals surface area contributed by atoms with Crippen molar-refractivity contribution >= 4 is 27.6 Å². The lowest BCUT2D eigenvalue weighted by Gasteiger charge is -2.20. The Morgan fingerprint density at radius 1 is 1.19 bits per heavy atom. The average molecular weight is 496 g/mol. The molecule has 0 spiro atoms. The van der Waals surface area contributed by atoms with Crippen LogP contribution in [0.15, 0.2) is 61.1 Å². The predicted octanol–water partition coefficient (Wildman–Crippen LogP) is 4.36. The van der Waals surface area contributed by atoms with Crippen LogP contribution in [0.1, 0.15) is 29.8 Å². The molecule has 0 saturated carbocycles. The number of nitrogens with zero attached hydrogens (tertiary/aromatic N) is 3. The van der Waals surface area contributed by atoms with Crippen LogP contribution in [0.2, 0.25) is 0 Å². The molecule has 5 aromatic rings. The van der Waals surface area contributed by atoms with Gasteiger partial charge in [-0.3, -0.25) is 10.1 Å². The van der Waals surface area contributed by atoms with Crippen LogP contribution >= 0.6 is 0 Å². The SMILES string of the molecule is Cc1[nH]nc2cnc(-c3cc(OC[C@@H](N)Cc4c[nH]c5ccccc45)c(N)nc3C3C=COC3C)cc12. The Labute approximate surface area is 213 Å². The van der Waals surface area contributed by atoms with Crippen LogP contribution in [0, 0.1) is 6.92 Å². The number of aromatic nitrogens is 5. The first-order chi connectivity index (χ1) is 18.0. The number of aryl methyl sites for hydroxylation is 1. The van der Waals surface area contributed by atoms with Gasteiger partial charge in [-0.05, 0) is 50.1 Å². The number of aromatic amines is 2. The number of ether oxygens (including phenoxy) is 2. The fraction of sp³-hybridized carbons (Fsp3) is 0.250. The van der Waals surface area contributed by atoms with Gasteiger partial charge in [-0.1, -0.05) is 18.2 Å². The minimum Gasteiger partial charge on any atom is -0.498 e. The minimum absolute atomic E-state index is 0.0570. The Hall–Kier alpha value is -4.37. The van der Waals surface area contributed by atoms with Crippen LogP contribution in [-0.4, -0.2) is 43.9 Å². The summed E-state index contributed by atoms with van der Waals surface area (Å²) in [5, 5.41) is 9.49. The molecule has 1 aromatic carbocycles. The zero-order valence-electron chi connectivity index (χ0n) is 20.7. The van der Waals surface area contributed by atoms with Gasteiger partial charge >= 0.3 is 0 Å². The lowest BCUT2D eigenvalue weighted by Crippen LogP contribution is -2.30. The molecule has 188 valence electrons. The summed E-state index contributed by atoms with van der Waals surface area (Å²) in [6.07, 6.45) is 8.07.